The van der Waals surface area contributed by atoms with Gasteiger partial charge in [0, 0.05) is 34.4 Å². The van der Waals surface area contributed by atoms with Crippen LogP contribution in [0.15, 0.2) is 231 Å². The van der Waals surface area contributed by atoms with Crippen molar-refractivity contribution in [1.82, 2.24) is 0 Å². The summed E-state index contributed by atoms with van der Waals surface area (Å²) in [5.74, 6) is 0.179. The summed E-state index contributed by atoms with van der Waals surface area (Å²) in [7, 11) is 0. The van der Waals surface area contributed by atoms with E-state index in [1.165, 1.54) is 82.7 Å². The zero-order chi connectivity index (χ0) is 49.4. The highest BCUT2D eigenvalue weighted by molar-refractivity contribution is 6.08. The molecule has 2 atom stereocenters. The van der Waals surface area contributed by atoms with E-state index in [9.17, 15) is 0 Å². The molecule has 0 saturated heterocycles. The summed E-state index contributed by atoms with van der Waals surface area (Å²) in [6.07, 6.45) is 14.0. The third kappa shape index (κ3) is 9.03. The van der Waals surface area contributed by atoms with Gasteiger partial charge in [0.15, 0.2) is 0 Å². The highest BCUT2D eigenvalue weighted by Gasteiger charge is 2.29. The van der Waals surface area contributed by atoms with Gasteiger partial charge in [0.25, 0.3) is 0 Å². The minimum Gasteiger partial charge on any atom is -0.334 e. The van der Waals surface area contributed by atoms with Crippen molar-refractivity contribution < 1.29 is 0 Å². The van der Waals surface area contributed by atoms with E-state index in [0.717, 1.165) is 29.9 Å². The summed E-state index contributed by atoms with van der Waals surface area (Å²) >= 11 is 0. The van der Waals surface area contributed by atoms with Gasteiger partial charge in [-0.05, 0) is 156 Å². The van der Waals surface area contributed by atoms with Crippen molar-refractivity contribution in [3.05, 3.63) is 263 Å². The minimum absolute atomic E-state index is 0.0300. The maximum absolute atomic E-state index is 2.61. The molecule has 0 spiro atoms. The number of para-hydroxylation sites is 2. The lowest BCUT2D eigenvalue weighted by Gasteiger charge is -2.34. The number of allylic oxidation sites excluding steroid dienone is 4. The molecule has 0 bridgehead atoms. The molecule has 0 radical (unpaired) electrons. The van der Waals surface area contributed by atoms with Crippen LogP contribution in [0.1, 0.15) is 82.6 Å². The van der Waals surface area contributed by atoms with Crippen LogP contribution in [-0.2, 0) is 10.8 Å². The van der Waals surface area contributed by atoms with Crippen LogP contribution in [0.4, 0.5) is 28.4 Å². The van der Waals surface area contributed by atoms with Gasteiger partial charge in [-0.25, -0.2) is 0 Å². The van der Waals surface area contributed by atoms with Crippen LogP contribution in [0, 0.1) is 0 Å². The van der Waals surface area contributed by atoms with Gasteiger partial charge in [-0.15, -0.1) is 0 Å². The van der Waals surface area contributed by atoms with E-state index in [1.807, 2.05) is 0 Å². The molecule has 9 aromatic carbocycles. The molecule has 0 aliphatic heterocycles. The fourth-order valence-corrected chi connectivity index (χ4v) is 11.2. The Morgan fingerprint density at radius 2 is 0.944 bits per heavy atom. The average Bonchev–Trinajstić information content (AvgIpc) is 3.41. The van der Waals surface area contributed by atoms with E-state index in [0.29, 0.717) is 0 Å². The van der Waals surface area contributed by atoms with Crippen LogP contribution in [0.25, 0.3) is 50.8 Å². The fourth-order valence-electron chi connectivity index (χ4n) is 11.2. The van der Waals surface area contributed by atoms with Gasteiger partial charge in [0.2, 0.25) is 0 Å². The van der Waals surface area contributed by atoms with E-state index >= 15 is 0 Å². The standard InChI is InChI=1S/C70H64N2/c1-69(2,3)51-35-39-55(40-36-51)71(53-27-15-9-16-28-53)57-43-45-63-65(47-57)67(61-33-21-19-31-59(61)49-23-11-7-12-24-49)64-46-44-58(48-66(64)68(63)62-34-22-20-32-60(62)50-25-13-8-14-26-50)72(54-29-17-10-18-30-54)56-41-37-52(38-42-56)70(4,5)6/h7-31,33-42,44-48,57,60H,32,43H2,1-6H3. The van der Waals surface area contributed by atoms with Gasteiger partial charge in [0.05, 0.1) is 6.04 Å². The zero-order valence-corrected chi connectivity index (χ0v) is 42.6. The first-order valence-corrected chi connectivity index (χ1v) is 25.8. The Morgan fingerprint density at radius 3 is 1.57 bits per heavy atom. The van der Waals surface area contributed by atoms with Gasteiger partial charge in [0.1, 0.15) is 0 Å². The molecular weight excluding hydrogens is 869 g/mol. The van der Waals surface area contributed by atoms with Crippen molar-refractivity contribution >= 4 is 56.9 Å². The largest absolute Gasteiger partial charge is 0.334 e. The molecule has 2 aliphatic rings. The Bertz CT molecular complexity index is 3560. The van der Waals surface area contributed by atoms with E-state index in [-0.39, 0.29) is 22.8 Å². The van der Waals surface area contributed by atoms with Crippen molar-refractivity contribution in [2.24, 2.45) is 0 Å². The molecule has 0 amide bonds. The lowest BCUT2D eigenvalue weighted by atomic mass is 9.77. The van der Waals surface area contributed by atoms with Crippen molar-refractivity contribution in [3.63, 3.8) is 0 Å². The molecule has 2 aliphatic carbocycles. The number of hydrogen-bond donors (Lipinski definition) is 0. The molecule has 0 N–H and O–H groups in total. The number of hydrogen-bond acceptors (Lipinski definition) is 2. The van der Waals surface area contributed by atoms with Crippen LogP contribution in [-0.4, -0.2) is 6.04 Å². The van der Waals surface area contributed by atoms with Gasteiger partial charge >= 0.3 is 0 Å². The molecule has 11 rings (SSSR count). The molecule has 2 heteroatoms. The molecule has 0 saturated carbocycles. The molecule has 2 nitrogen and oxygen atoms in total. The number of benzene rings is 9. The first kappa shape index (κ1) is 46.4. The van der Waals surface area contributed by atoms with E-state index in [2.05, 4.69) is 294 Å². The highest BCUT2D eigenvalue weighted by Crippen LogP contribution is 2.45. The quantitative estimate of drug-likeness (QED) is 0.135. The molecular formula is C70H64N2. The van der Waals surface area contributed by atoms with Crippen LogP contribution in [0.3, 0.4) is 0 Å². The van der Waals surface area contributed by atoms with Crippen LogP contribution < -0.4 is 20.2 Å². The second-order valence-corrected chi connectivity index (χ2v) is 21.6. The third-order valence-corrected chi connectivity index (χ3v) is 14.9. The Hall–Kier alpha value is -7.94. The topological polar surface area (TPSA) is 6.48 Å². The second kappa shape index (κ2) is 19.3. The van der Waals surface area contributed by atoms with E-state index in [4.69, 9.17) is 0 Å². The second-order valence-electron chi connectivity index (χ2n) is 21.6. The average molecular weight is 933 g/mol. The maximum atomic E-state index is 2.61. The molecule has 354 valence electrons. The lowest BCUT2D eigenvalue weighted by Crippen LogP contribution is -2.41. The lowest BCUT2D eigenvalue weighted by molar-refractivity contribution is 0.590. The predicted octanol–water partition coefficient (Wildman–Crippen LogP) is 17.5. The zero-order valence-electron chi connectivity index (χ0n) is 42.6. The SMILES string of the molecule is CC(C)(C)c1ccc(N(c2ccccc2)c2ccc3c(-c4ccccc4-c4ccccc4)c4c(c(C5=CC=CCC5c5ccccc5)c3c2)=CCC(N(c2ccccc2)c2ccc(C(C)(C)C)cc2)C=4)cc1. The summed E-state index contributed by atoms with van der Waals surface area (Å²) in [5, 5.41) is 5.06. The van der Waals surface area contributed by atoms with Crippen molar-refractivity contribution in [2.75, 3.05) is 9.80 Å². The Labute approximate surface area is 427 Å². The number of nitrogens with zero attached hydrogens (tertiary/aromatic N) is 2. The molecule has 72 heavy (non-hydrogen) atoms. The van der Waals surface area contributed by atoms with E-state index < -0.39 is 0 Å². The van der Waals surface area contributed by atoms with Crippen molar-refractivity contribution in [1.29, 1.82) is 0 Å². The van der Waals surface area contributed by atoms with Crippen LogP contribution in [0.5, 0.6) is 0 Å². The highest BCUT2D eigenvalue weighted by atomic mass is 15.2. The maximum Gasteiger partial charge on any atom is 0.0566 e. The molecule has 0 aromatic heterocycles. The molecule has 0 fully saturated rings. The molecule has 0 heterocycles. The first-order valence-electron chi connectivity index (χ1n) is 25.8. The number of anilines is 5. The predicted molar refractivity (Wildman–Crippen MR) is 309 cm³/mol. The fraction of sp³-hybridized carbons (Fsp3) is 0.171. The number of fused-ring (bicyclic) bond motifs is 2. The van der Waals surface area contributed by atoms with E-state index in [1.54, 1.807) is 0 Å². The van der Waals surface area contributed by atoms with Gasteiger partial charge < -0.3 is 9.80 Å². The van der Waals surface area contributed by atoms with Gasteiger partial charge in [-0.1, -0.05) is 224 Å². The minimum atomic E-state index is 0.0300. The smallest absolute Gasteiger partial charge is 0.0566 e. The van der Waals surface area contributed by atoms with Gasteiger partial charge in [-0.2, -0.15) is 0 Å². The normalized spacial score (nSPS) is 15.5. The summed E-state index contributed by atoms with van der Waals surface area (Å²) < 4.78 is 0. The Morgan fingerprint density at radius 1 is 0.431 bits per heavy atom. The Balaban J connectivity index is 1.24. The first-order chi connectivity index (χ1) is 35.0. The van der Waals surface area contributed by atoms with Crippen LogP contribution >= 0.6 is 0 Å². The number of rotatable bonds is 10. The van der Waals surface area contributed by atoms with Gasteiger partial charge in [-0.3, -0.25) is 0 Å². The molecule has 2 unspecified atom stereocenters. The summed E-state index contributed by atoms with van der Waals surface area (Å²) in [6, 6.07) is 78.8. The van der Waals surface area contributed by atoms with Crippen molar-refractivity contribution in [2.45, 2.75) is 77.2 Å². The summed E-state index contributed by atoms with van der Waals surface area (Å²) in [4.78, 5) is 4.99. The Kier molecular flexibility index (Phi) is 12.5. The molecule has 9 aromatic rings. The monoisotopic (exact) mass is 933 g/mol. The third-order valence-electron chi connectivity index (χ3n) is 14.9. The van der Waals surface area contributed by atoms with Crippen molar-refractivity contribution in [3.8, 4) is 22.3 Å². The summed E-state index contributed by atoms with van der Waals surface area (Å²) in [5.41, 5.74) is 17.4. The van der Waals surface area contributed by atoms with Crippen LogP contribution in [0.2, 0.25) is 0 Å². The summed E-state index contributed by atoms with van der Waals surface area (Å²) in [6.45, 7) is 13.7.